The lowest BCUT2D eigenvalue weighted by molar-refractivity contribution is -0.136. The Kier molecular flexibility index (Phi) is 4.81. The molecule has 0 aliphatic heterocycles. The van der Waals surface area contributed by atoms with Crippen LogP contribution in [0.4, 0.5) is 13.2 Å². The number of rotatable bonds is 5. The molecule has 0 saturated carbocycles. The van der Waals surface area contributed by atoms with E-state index < -0.39 is 18.7 Å². The lowest BCUT2D eigenvalue weighted by Crippen LogP contribution is -2.09. The van der Waals surface area contributed by atoms with Crippen LogP contribution in [0.1, 0.15) is 31.4 Å². The number of hydrogen-bond donors (Lipinski definition) is 1. The molecule has 0 aliphatic carbocycles. The van der Waals surface area contributed by atoms with E-state index in [2.05, 4.69) is 0 Å². The van der Waals surface area contributed by atoms with Gasteiger partial charge in [0.25, 0.3) is 0 Å². The third-order valence-corrected chi connectivity index (χ3v) is 2.21. The molecule has 1 N–H and O–H groups in total. The van der Waals surface area contributed by atoms with Gasteiger partial charge in [-0.25, -0.2) is 0 Å². The van der Waals surface area contributed by atoms with Crippen LogP contribution in [0.2, 0.25) is 0 Å². The zero-order valence-corrected chi connectivity index (χ0v) is 9.50. The summed E-state index contributed by atoms with van der Waals surface area (Å²) in [5, 5.41) is 9.32. The molecule has 0 amide bonds. The molecule has 1 aromatic carbocycles. The van der Waals surface area contributed by atoms with Gasteiger partial charge in [0.2, 0.25) is 0 Å². The van der Waals surface area contributed by atoms with Crippen LogP contribution in [0.25, 0.3) is 0 Å². The molecule has 0 heterocycles. The van der Waals surface area contributed by atoms with Gasteiger partial charge < -0.3 is 9.84 Å². The third kappa shape index (κ3) is 5.58. The van der Waals surface area contributed by atoms with Gasteiger partial charge in [0.1, 0.15) is 5.75 Å². The Labute approximate surface area is 98.0 Å². The highest BCUT2D eigenvalue weighted by Gasteiger charge is 2.26. The SMILES string of the molecule is C[C@@H](O)c1cccc(OCCCC(F)(F)F)c1. The normalized spacial score (nSPS) is 13.5. The summed E-state index contributed by atoms with van der Waals surface area (Å²) in [6.07, 6.45) is -5.66. The Balaban J connectivity index is 2.39. The van der Waals surface area contributed by atoms with E-state index in [1.165, 1.54) is 0 Å². The summed E-state index contributed by atoms with van der Waals surface area (Å²) in [6, 6.07) is 6.70. The second-order valence-corrected chi connectivity index (χ2v) is 3.82. The van der Waals surface area contributed by atoms with Crippen molar-refractivity contribution >= 4 is 0 Å². The highest BCUT2D eigenvalue weighted by Crippen LogP contribution is 2.22. The molecular formula is C12H15F3O2. The fourth-order valence-electron chi connectivity index (χ4n) is 1.33. The molecule has 0 spiro atoms. The smallest absolute Gasteiger partial charge is 0.389 e. The molecule has 0 unspecified atom stereocenters. The fourth-order valence-corrected chi connectivity index (χ4v) is 1.33. The number of aliphatic hydroxyl groups excluding tert-OH is 1. The number of hydrogen-bond acceptors (Lipinski definition) is 2. The average Bonchev–Trinajstić information content (AvgIpc) is 2.23. The van der Waals surface area contributed by atoms with Gasteiger partial charge in [-0.2, -0.15) is 13.2 Å². The van der Waals surface area contributed by atoms with E-state index in [1.54, 1.807) is 31.2 Å². The first kappa shape index (κ1) is 13.8. The first-order chi connectivity index (χ1) is 7.88. The lowest BCUT2D eigenvalue weighted by atomic mass is 10.1. The van der Waals surface area contributed by atoms with Crippen molar-refractivity contribution in [2.24, 2.45) is 0 Å². The summed E-state index contributed by atoms with van der Waals surface area (Å²) in [5.41, 5.74) is 0.679. The monoisotopic (exact) mass is 248 g/mol. The lowest BCUT2D eigenvalue weighted by Gasteiger charge is -2.10. The molecule has 0 aromatic heterocycles. The van der Waals surface area contributed by atoms with Gasteiger partial charge in [-0.1, -0.05) is 12.1 Å². The zero-order valence-electron chi connectivity index (χ0n) is 9.50. The van der Waals surface area contributed by atoms with Crippen molar-refractivity contribution in [1.29, 1.82) is 0 Å². The van der Waals surface area contributed by atoms with Crippen LogP contribution in [0.3, 0.4) is 0 Å². The van der Waals surface area contributed by atoms with Crippen LogP contribution >= 0.6 is 0 Å². The largest absolute Gasteiger partial charge is 0.494 e. The molecule has 0 saturated heterocycles. The Hall–Kier alpha value is -1.23. The quantitative estimate of drug-likeness (QED) is 0.808. The molecule has 0 bridgehead atoms. The molecule has 1 aromatic rings. The fraction of sp³-hybridized carbons (Fsp3) is 0.500. The van der Waals surface area contributed by atoms with E-state index >= 15 is 0 Å². The maximum Gasteiger partial charge on any atom is 0.389 e. The molecule has 0 fully saturated rings. The average molecular weight is 248 g/mol. The number of alkyl halides is 3. The second-order valence-electron chi connectivity index (χ2n) is 3.82. The van der Waals surface area contributed by atoms with Crippen LogP contribution in [0.5, 0.6) is 5.75 Å². The standard InChI is InChI=1S/C12H15F3O2/c1-9(16)10-4-2-5-11(8-10)17-7-3-6-12(13,14)15/h2,4-5,8-9,16H,3,6-7H2,1H3/t9-/m1/s1. The Morgan fingerprint density at radius 2 is 2.06 bits per heavy atom. The summed E-state index contributed by atoms with van der Waals surface area (Å²) >= 11 is 0. The maximum atomic E-state index is 11.9. The molecule has 0 radical (unpaired) electrons. The Morgan fingerprint density at radius 1 is 1.35 bits per heavy atom. The number of halogens is 3. The highest BCUT2D eigenvalue weighted by atomic mass is 19.4. The van der Waals surface area contributed by atoms with Gasteiger partial charge in [-0.3, -0.25) is 0 Å². The van der Waals surface area contributed by atoms with Crippen LogP contribution in [-0.2, 0) is 0 Å². The summed E-state index contributed by atoms with van der Waals surface area (Å²) < 4.78 is 40.8. The van der Waals surface area contributed by atoms with Gasteiger partial charge in [0, 0.05) is 6.42 Å². The Bertz CT molecular complexity index is 348. The van der Waals surface area contributed by atoms with Crippen LogP contribution < -0.4 is 4.74 Å². The predicted molar refractivity (Wildman–Crippen MR) is 57.9 cm³/mol. The van der Waals surface area contributed by atoms with Crippen LogP contribution in [0.15, 0.2) is 24.3 Å². The van der Waals surface area contributed by atoms with E-state index in [9.17, 15) is 18.3 Å². The number of benzene rings is 1. The van der Waals surface area contributed by atoms with Gasteiger partial charge in [0.05, 0.1) is 12.7 Å². The minimum Gasteiger partial charge on any atom is -0.494 e. The van der Waals surface area contributed by atoms with Gasteiger partial charge in [-0.05, 0) is 31.0 Å². The molecular weight excluding hydrogens is 233 g/mol. The van der Waals surface area contributed by atoms with Gasteiger partial charge in [-0.15, -0.1) is 0 Å². The van der Waals surface area contributed by atoms with Crippen LogP contribution in [-0.4, -0.2) is 17.9 Å². The molecule has 2 nitrogen and oxygen atoms in total. The van der Waals surface area contributed by atoms with Crippen molar-refractivity contribution in [3.63, 3.8) is 0 Å². The zero-order chi connectivity index (χ0) is 12.9. The van der Waals surface area contributed by atoms with E-state index in [0.717, 1.165) is 0 Å². The Morgan fingerprint density at radius 3 is 2.65 bits per heavy atom. The first-order valence-electron chi connectivity index (χ1n) is 5.36. The molecule has 5 heteroatoms. The number of ether oxygens (including phenoxy) is 1. The van der Waals surface area contributed by atoms with E-state index in [4.69, 9.17) is 4.74 Å². The summed E-state index contributed by atoms with van der Waals surface area (Å²) in [7, 11) is 0. The van der Waals surface area contributed by atoms with E-state index in [1.807, 2.05) is 0 Å². The molecule has 96 valence electrons. The van der Waals surface area contributed by atoms with Crippen molar-refractivity contribution in [2.75, 3.05) is 6.61 Å². The predicted octanol–water partition coefficient (Wildman–Crippen LogP) is 3.46. The third-order valence-electron chi connectivity index (χ3n) is 2.21. The first-order valence-corrected chi connectivity index (χ1v) is 5.36. The second kappa shape index (κ2) is 5.91. The molecule has 0 aliphatic rings. The van der Waals surface area contributed by atoms with Gasteiger partial charge >= 0.3 is 6.18 Å². The topological polar surface area (TPSA) is 29.5 Å². The minimum atomic E-state index is -4.13. The minimum absolute atomic E-state index is 0.0166. The van der Waals surface area contributed by atoms with E-state index in [0.29, 0.717) is 11.3 Å². The summed E-state index contributed by atoms with van der Waals surface area (Å²) in [4.78, 5) is 0. The van der Waals surface area contributed by atoms with E-state index in [-0.39, 0.29) is 13.0 Å². The number of aliphatic hydroxyl groups is 1. The molecule has 17 heavy (non-hydrogen) atoms. The molecule has 1 atom stereocenters. The van der Waals surface area contributed by atoms with Gasteiger partial charge in [0.15, 0.2) is 0 Å². The summed E-state index contributed by atoms with van der Waals surface area (Å²) in [5.74, 6) is 0.477. The van der Waals surface area contributed by atoms with Crippen molar-refractivity contribution in [2.45, 2.75) is 32.0 Å². The van der Waals surface area contributed by atoms with Crippen molar-refractivity contribution in [3.8, 4) is 5.75 Å². The molecule has 1 rings (SSSR count). The summed E-state index contributed by atoms with van der Waals surface area (Å²) in [6.45, 7) is 1.63. The highest BCUT2D eigenvalue weighted by molar-refractivity contribution is 5.29. The maximum absolute atomic E-state index is 11.9. The van der Waals surface area contributed by atoms with Crippen molar-refractivity contribution in [3.05, 3.63) is 29.8 Å². The van der Waals surface area contributed by atoms with Crippen molar-refractivity contribution in [1.82, 2.24) is 0 Å². The van der Waals surface area contributed by atoms with Crippen molar-refractivity contribution < 1.29 is 23.0 Å². The van der Waals surface area contributed by atoms with Crippen LogP contribution in [0, 0.1) is 0 Å².